The normalized spacial score (nSPS) is 17.3. The van der Waals surface area contributed by atoms with Gasteiger partial charge in [-0.15, -0.1) is 0 Å². The first-order chi connectivity index (χ1) is 9.22. The van der Waals surface area contributed by atoms with Crippen LogP contribution in [0.15, 0.2) is 18.2 Å². The van der Waals surface area contributed by atoms with Gasteiger partial charge in [0.2, 0.25) is 0 Å². The Bertz CT molecular complexity index is 411. The number of halogens is 1. The van der Waals surface area contributed by atoms with Gasteiger partial charge in [0.1, 0.15) is 5.82 Å². The van der Waals surface area contributed by atoms with Crippen molar-refractivity contribution in [3.05, 3.63) is 24.0 Å². The third kappa shape index (κ3) is 3.56. The van der Waals surface area contributed by atoms with Crippen LogP contribution in [0, 0.1) is 5.82 Å². The summed E-state index contributed by atoms with van der Waals surface area (Å²) in [6.45, 7) is 2.41. The number of para-hydroxylation sites is 1. The molecule has 1 aliphatic heterocycles. The zero-order valence-corrected chi connectivity index (χ0v) is 10.7. The van der Waals surface area contributed by atoms with Gasteiger partial charge in [-0.25, -0.2) is 4.39 Å². The van der Waals surface area contributed by atoms with Crippen molar-refractivity contribution in [1.29, 1.82) is 0 Å². The van der Waals surface area contributed by atoms with Crippen LogP contribution in [-0.2, 0) is 4.74 Å². The van der Waals surface area contributed by atoms with E-state index in [1.807, 2.05) is 11.0 Å². The fraction of sp³-hybridized carbons (Fsp3) is 0.538. The molecule has 0 aromatic heterocycles. The highest BCUT2D eigenvalue weighted by atomic mass is 19.1. The molecule has 1 heterocycles. The van der Waals surface area contributed by atoms with Crippen LogP contribution in [-0.4, -0.2) is 55.8 Å². The minimum Gasteiger partial charge on any atom is -0.394 e. The molecule has 1 fully saturated rings. The second-order valence-electron chi connectivity index (χ2n) is 4.45. The van der Waals surface area contributed by atoms with Crippen molar-refractivity contribution < 1.29 is 19.3 Å². The number of hydrogen-bond acceptors (Lipinski definition) is 5. The molecule has 0 saturated carbocycles. The Labute approximate surface area is 111 Å². The number of morpholine rings is 1. The van der Waals surface area contributed by atoms with Crippen molar-refractivity contribution in [3.63, 3.8) is 0 Å². The summed E-state index contributed by atoms with van der Waals surface area (Å²) in [5.41, 5.74) is 1.12. The summed E-state index contributed by atoms with van der Waals surface area (Å²) in [5.74, 6) is -0.367. The number of anilines is 2. The minimum absolute atomic E-state index is 0.106. The van der Waals surface area contributed by atoms with Crippen molar-refractivity contribution in [1.82, 2.24) is 0 Å². The van der Waals surface area contributed by atoms with Crippen LogP contribution in [0.2, 0.25) is 0 Å². The Hall–Kier alpha value is -1.37. The number of aliphatic hydroxyl groups is 2. The molecule has 0 aliphatic carbocycles. The van der Waals surface area contributed by atoms with Crippen LogP contribution in [0.3, 0.4) is 0 Å². The van der Waals surface area contributed by atoms with E-state index in [2.05, 4.69) is 5.32 Å². The molecule has 3 N–H and O–H groups in total. The molecule has 106 valence electrons. The van der Waals surface area contributed by atoms with Gasteiger partial charge in [0.05, 0.1) is 37.3 Å². The molecule has 1 aromatic rings. The summed E-state index contributed by atoms with van der Waals surface area (Å²) in [4.78, 5) is 2.04. The van der Waals surface area contributed by atoms with E-state index in [1.54, 1.807) is 6.07 Å². The van der Waals surface area contributed by atoms with Crippen LogP contribution in [0.4, 0.5) is 15.8 Å². The molecule has 1 atom stereocenters. The molecular formula is C13H19FN2O3. The van der Waals surface area contributed by atoms with Gasteiger partial charge >= 0.3 is 0 Å². The largest absolute Gasteiger partial charge is 0.394 e. The Morgan fingerprint density at radius 1 is 1.37 bits per heavy atom. The Kier molecular flexibility index (Phi) is 4.95. The van der Waals surface area contributed by atoms with Gasteiger partial charge in [-0.2, -0.15) is 0 Å². The van der Waals surface area contributed by atoms with E-state index in [0.29, 0.717) is 32.0 Å². The lowest BCUT2D eigenvalue weighted by atomic mass is 10.2. The van der Waals surface area contributed by atoms with E-state index in [-0.39, 0.29) is 19.0 Å². The lowest BCUT2D eigenvalue weighted by Gasteiger charge is -2.31. The number of aliphatic hydroxyl groups excluding tert-OH is 2. The minimum atomic E-state index is -0.905. The van der Waals surface area contributed by atoms with Gasteiger partial charge in [-0.3, -0.25) is 0 Å². The lowest BCUT2D eigenvalue weighted by molar-refractivity contribution is 0.105. The first-order valence-electron chi connectivity index (χ1n) is 6.36. The standard InChI is InChI=1S/C13H19FN2O3/c14-11-2-1-3-12(16-4-6-19-7-5-16)13(11)15-8-10(18)9-17/h1-3,10,15,17-18H,4-9H2. The molecule has 0 amide bonds. The zero-order valence-electron chi connectivity index (χ0n) is 10.7. The van der Waals surface area contributed by atoms with Gasteiger partial charge in [-0.1, -0.05) is 6.07 Å². The van der Waals surface area contributed by atoms with Gasteiger partial charge in [0.15, 0.2) is 0 Å². The van der Waals surface area contributed by atoms with Gasteiger partial charge < -0.3 is 25.2 Å². The quantitative estimate of drug-likeness (QED) is 0.724. The van der Waals surface area contributed by atoms with Crippen molar-refractivity contribution in [3.8, 4) is 0 Å². The second-order valence-corrected chi connectivity index (χ2v) is 4.45. The highest BCUT2D eigenvalue weighted by Crippen LogP contribution is 2.29. The number of rotatable bonds is 5. The maximum absolute atomic E-state index is 13.9. The average molecular weight is 270 g/mol. The van der Waals surface area contributed by atoms with Crippen LogP contribution in [0.25, 0.3) is 0 Å². The lowest BCUT2D eigenvalue weighted by Crippen LogP contribution is -2.37. The molecule has 19 heavy (non-hydrogen) atoms. The summed E-state index contributed by atoms with van der Waals surface area (Å²) in [7, 11) is 0. The van der Waals surface area contributed by atoms with E-state index in [4.69, 9.17) is 9.84 Å². The van der Waals surface area contributed by atoms with Gasteiger partial charge in [0, 0.05) is 19.6 Å². The zero-order chi connectivity index (χ0) is 13.7. The predicted molar refractivity (Wildman–Crippen MR) is 71.0 cm³/mol. The van der Waals surface area contributed by atoms with Crippen LogP contribution in [0.1, 0.15) is 0 Å². The van der Waals surface area contributed by atoms with E-state index in [9.17, 15) is 9.50 Å². The maximum atomic E-state index is 13.9. The topological polar surface area (TPSA) is 65.0 Å². The van der Waals surface area contributed by atoms with Crippen molar-refractivity contribution in [2.24, 2.45) is 0 Å². The fourth-order valence-electron chi connectivity index (χ4n) is 2.04. The first kappa shape index (κ1) is 14.0. The molecule has 1 unspecified atom stereocenters. The van der Waals surface area contributed by atoms with Gasteiger partial charge in [-0.05, 0) is 12.1 Å². The Balaban J connectivity index is 2.15. The molecule has 0 spiro atoms. The van der Waals surface area contributed by atoms with Crippen LogP contribution in [0.5, 0.6) is 0 Å². The average Bonchev–Trinajstić information content (AvgIpc) is 2.46. The highest BCUT2D eigenvalue weighted by molar-refractivity contribution is 5.71. The van der Waals surface area contributed by atoms with E-state index < -0.39 is 6.10 Å². The summed E-state index contributed by atoms with van der Waals surface area (Å²) in [6, 6.07) is 4.87. The smallest absolute Gasteiger partial charge is 0.148 e. The molecule has 1 aromatic carbocycles. The molecular weight excluding hydrogens is 251 g/mol. The summed E-state index contributed by atoms with van der Waals surface area (Å²) in [6.07, 6.45) is -0.905. The third-order valence-corrected chi connectivity index (χ3v) is 3.07. The van der Waals surface area contributed by atoms with Crippen LogP contribution >= 0.6 is 0 Å². The SMILES string of the molecule is OCC(O)CNc1c(F)cccc1N1CCOCC1. The predicted octanol–water partition coefficient (Wildman–Crippen LogP) is 0.427. The maximum Gasteiger partial charge on any atom is 0.148 e. The Morgan fingerprint density at radius 3 is 2.79 bits per heavy atom. The summed E-state index contributed by atoms with van der Waals surface area (Å²) < 4.78 is 19.2. The van der Waals surface area contributed by atoms with E-state index in [1.165, 1.54) is 6.07 Å². The molecule has 2 rings (SSSR count). The summed E-state index contributed by atoms with van der Waals surface area (Å²) >= 11 is 0. The van der Waals surface area contributed by atoms with Crippen molar-refractivity contribution >= 4 is 11.4 Å². The molecule has 6 heteroatoms. The van der Waals surface area contributed by atoms with Crippen molar-refractivity contribution in [2.45, 2.75) is 6.10 Å². The molecule has 0 bridgehead atoms. The number of benzene rings is 1. The first-order valence-corrected chi connectivity index (χ1v) is 6.36. The molecule has 1 aliphatic rings. The fourth-order valence-corrected chi connectivity index (χ4v) is 2.04. The number of hydrogen-bond donors (Lipinski definition) is 3. The number of ether oxygens (including phenoxy) is 1. The van der Waals surface area contributed by atoms with Crippen LogP contribution < -0.4 is 10.2 Å². The number of nitrogens with one attached hydrogen (secondary N) is 1. The molecule has 1 saturated heterocycles. The number of nitrogens with zero attached hydrogens (tertiary/aromatic N) is 1. The van der Waals surface area contributed by atoms with Gasteiger partial charge in [0.25, 0.3) is 0 Å². The molecule has 0 radical (unpaired) electrons. The third-order valence-electron chi connectivity index (χ3n) is 3.07. The molecule has 5 nitrogen and oxygen atoms in total. The van der Waals surface area contributed by atoms with E-state index in [0.717, 1.165) is 5.69 Å². The highest BCUT2D eigenvalue weighted by Gasteiger charge is 2.17. The van der Waals surface area contributed by atoms with E-state index >= 15 is 0 Å². The van der Waals surface area contributed by atoms with Crippen molar-refractivity contribution in [2.75, 3.05) is 49.7 Å². The Morgan fingerprint density at radius 2 is 2.11 bits per heavy atom. The monoisotopic (exact) mass is 270 g/mol. The summed E-state index contributed by atoms with van der Waals surface area (Å²) in [5, 5.41) is 21.0. The second kappa shape index (κ2) is 6.70.